The molecule has 0 spiro atoms. The number of methoxy groups -OCH3 is 1. The molecule has 0 aromatic carbocycles. The Kier molecular flexibility index (Phi) is 23.6. The third-order valence-corrected chi connectivity index (χ3v) is 2.61. The number of aliphatic hydroxyl groups excluding tert-OH is 1. The van der Waals surface area contributed by atoms with Gasteiger partial charge in [0.15, 0.2) is 0 Å². The summed E-state index contributed by atoms with van der Waals surface area (Å²) in [6.07, 6.45) is 0. The van der Waals surface area contributed by atoms with Crippen LogP contribution in [0, 0.1) is 0 Å². The molecule has 0 aromatic rings. The highest BCUT2D eigenvalue weighted by Gasteiger charge is 2.11. The average Bonchev–Trinajstić information content (AvgIpc) is 2.60. The molecule has 0 saturated heterocycles. The third kappa shape index (κ3) is 32.8. The number of carbonyl (C=O) groups excluding carboxylic acids is 1. The Hall–Kier alpha value is -0.810. The van der Waals surface area contributed by atoms with Gasteiger partial charge in [-0.25, -0.2) is 0 Å². The topological polar surface area (TPSA) is 102 Å². The van der Waals surface area contributed by atoms with Crippen molar-refractivity contribution < 1.29 is 43.1 Å². The van der Waals surface area contributed by atoms with Crippen LogP contribution in [0.1, 0.15) is 27.7 Å². The smallest absolute Gasteiger partial charge is 0.303 e. The second-order valence-electron chi connectivity index (χ2n) is 6.48. The van der Waals surface area contributed by atoms with Crippen LogP contribution in [-0.4, -0.2) is 103 Å². The van der Waals surface area contributed by atoms with Gasteiger partial charge in [-0.15, -0.1) is 0 Å². The van der Waals surface area contributed by atoms with E-state index in [1.165, 1.54) is 6.92 Å². The Morgan fingerprint density at radius 2 is 1.00 bits per heavy atom. The van der Waals surface area contributed by atoms with Crippen molar-refractivity contribution in [1.29, 1.82) is 0 Å². The maximum absolute atomic E-state index is 10.2. The molecule has 0 unspecified atom stereocenters. The summed E-state index contributed by atoms with van der Waals surface area (Å²) in [6, 6.07) is 0. The van der Waals surface area contributed by atoms with Crippen LogP contribution in [0.25, 0.3) is 0 Å². The molecule has 9 nitrogen and oxygen atoms in total. The zero-order valence-corrected chi connectivity index (χ0v) is 18.2. The van der Waals surface area contributed by atoms with Crippen LogP contribution < -0.4 is 0 Å². The summed E-state index contributed by atoms with van der Waals surface area (Å²) in [4.78, 5) is 10.2. The molecule has 0 rings (SSSR count). The van der Waals surface area contributed by atoms with Crippen LogP contribution in [0.3, 0.4) is 0 Å². The normalized spacial score (nSPS) is 11.1. The molecule has 170 valence electrons. The highest BCUT2D eigenvalue weighted by atomic mass is 16.6. The molecule has 0 heterocycles. The van der Waals surface area contributed by atoms with E-state index in [2.05, 4.69) is 0 Å². The van der Waals surface area contributed by atoms with E-state index in [1.807, 2.05) is 20.8 Å². The number of carbonyl (C=O) groups is 1. The number of hydrogen-bond acceptors (Lipinski definition) is 9. The van der Waals surface area contributed by atoms with E-state index in [4.69, 9.17) is 38.3 Å². The van der Waals surface area contributed by atoms with Gasteiger partial charge in [-0.1, -0.05) is 0 Å². The highest BCUT2D eigenvalue weighted by Crippen LogP contribution is 2.05. The first-order chi connectivity index (χ1) is 13.3. The van der Waals surface area contributed by atoms with Crippen LogP contribution in [0.5, 0.6) is 0 Å². The van der Waals surface area contributed by atoms with Gasteiger partial charge in [0, 0.05) is 14.0 Å². The Bertz CT molecular complexity index is 301. The maximum Gasteiger partial charge on any atom is 0.303 e. The Morgan fingerprint density at radius 3 is 1.21 bits per heavy atom. The van der Waals surface area contributed by atoms with E-state index >= 15 is 0 Å². The fraction of sp³-hybridized carbons (Fsp3) is 0.947. The minimum absolute atomic E-state index is 0.0422. The lowest BCUT2D eigenvalue weighted by Crippen LogP contribution is -2.21. The predicted octanol–water partition coefficient (Wildman–Crippen LogP) is 1.06. The SMILES string of the molecule is CC(=O)OC(C)(C)C.COCCOCCOCCOCCOCCOCCO. The van der Waals surface area contributed by atoms with E-state index < -0.39 is 0 Å². The summed E-state index contributed by atoms with van der Waals surface area (Å²) in [5, 5.41) is 8.47. The van der Waals surface area contributed by atoms with Gasteiger partial charge in [-0.05, 0) is 20.8 Å². The minimum atomic E-state index is -0.328. The lowest BCUT2D eigenvalue weighted by molar-refractivity contribution is -0.151. The van der Waals surface area contributed by atoms with Crippen LogP contribution in [0.2, 0.25) is 0 Å². The van der Waals surface area contributed by atoms with Gasteiger partial charge in [-0.2, -0.15) is 0 Å². The van der Waals surface area contributed by atoms with Crippen LogP contribution in [0.15, 0.2) is 0 Å². The molecule has 1 N–H and O–H groups in total. The fourth-order valence-corrected chi connectivity index (χ4v) is 1.62. The van der Waals surface area contributed by atoms with Gasteiger partial charge >= 0.3 is 5.97 Å². The van der Waals surface area contributed by atoms with Gasteiger partial charge in [0.05, 0.1) is 79.3 Å². The number of ether oxygens (including phenoxy) is 7. The number of esters is 1. The predicted molar refractivity (Wildman–Crippen MR) is 105 cm³/mol. The molecule has 0 aliphatic rings. The molecule has 0 radical (unpaired) electrons. The second kappa shape index (κ2) is 22.5. The van der Waals surface area contributed by atoms with E-state index in [0.717, 1.165) is 0 Å². The van der Waals surface area contributed by atoms with Crippen molar-refractivity contribution >= 4 is 5.97 Å². The van der Waals surface area contributed by atoms with Crippen molar-refractivity contribution in [3.8, 4) is 0 Å². The largest absolute Gasteiger partial charge is 0.460 e. The monoisotopic (exact) mass is 412 g/mol. The van der Waals surface area contributed by atoms with Crippen molar-refractivity contribution in [3.63, 3.8) is 0 Å². The summed E-state index contributed by atoms with van der Waals surface area (Å²) >= 11 is 0. The summed E-state index contributed by atoms with van der Waals surface area (Å²) < 4.78 is 35.8. The Morgan fingerprint density at radius 1 is 0.679 bits per heavy atom. The maximum atomic E-state index is 10.2. The van der Waals surface area contributed by atoms with Gasteiger partial charge in [0.2, 0.25) is 0 Å². The zero-order chi connectivity index (χ0) is 21.5. The fourth-order valence-electron chi connectivity index (χ4n) is 1.62. The molecule has 0 saturated carbocycles. The quantitative estimate of drug-likeness (QED) is 0.277. The van der Waals surface area contributed by atoms with Gasteiger partial charge in [0.25, 0.3) is 0 Å². The standard InChI is InChI=1S/C13H28O7.C6H12O2/c1-15-4-5-17-8-9-19-12-13-20-11-10-18-7-6-16-3-2-14;1-5(7)8-6(2,3)4/h14H,2-13H2,1H3;1-4H3. The first kappa shape index (κ1) is 29.4. The molecule has 0 fully saturated rings. The lowest BCUT2D eigenvalue weighted by Gasteiger charge is -2.17. The molecule has 0 amide bonds. The first-order valence-corrected chi connectivity index (χ1v) is 9.51. The van der Waals surface area contributed by atoms with Gasteiger partial charge < -0.3 is 38.3 Å². The molecule has 0 aliphatic carbocycles. The van der Waals surface area contributed by atoms with Gasteiger partial charge in [0.1, 0.15) is 5.60 Å². The number of hydrogen-bond donors (Lipinski definition) is 1. The first-order valence-electron chi connectivity index (χ1n) is 9.51. The Labute approximate surface area is 169 Å². The van der Waals surface area contributed by atoms with Crippen LogP contribution >= 0.6 is 0 Å². The van der Waals surface area contributed by atoms with Crippen molar-refractivity contribution in [2.45, 2.75) is 33.3 Å². The summed E-state index contributed by atoms with van der Waals surface area (Å²) in [5.74, 6) is -0.225. The third-order valence-electron chi connectivity index (χ3n) is 2.61. The van der Waals surface area contributed by atoms with E-state index in [1.54, 1.807) is 7.11 Å². The summed E-state index contributed by atoms with van der Waals surface area (Å²) in [5.41, 5.74) is -0.328. The molecule has 9 heteroatoms. The van der Waals surface area contributed by atoms with Crippen molar-refractivity contribution in [3.05, 3.63) is 0 Å². The van der Waals surface area contributed by atoms with Gasteiger partial charge in [-0.3, -0.25) is 4.79 Å². The van der Waals surface area contributed by atoms with Crippen molar-refractivity contribution in [1.82, 2.24) is 0 Å². The number of rotatable bonds is 17. The average molecular weight is 413 g/mol. The highest BCUT2D eigenvalue weighted by molar-refractivity contribution is 5.66. The second-order valence-corrected chi connectivity index (χ2v) is 6.48. The van der Waals surface area contributed by atoms with Crippen molar-refractivity contribution in [2.24, 2.45) is 0 Å². The molecule has 0 aromatic heterocycles. The molecular weight excluding hydrogens is 372 g/mol. The van der Waals surface area contributed by atoms with E-state index in [9.17, 15) is 4.79 Å². The number of aliphatic hydroxyl groups is 1. The van der Waals surface area contributed by atoms with E-state index in [-0.39, 0.29) is 18.2 Å². The summed E-state index contributed by atoms with van der Waals surface area (Å²) in [7, 11) is 1.64. The van der Waals surface area contributed by atoms with Crippen LogP contribution in [0.4, 0.5) is 0 Å². The molecule has 0 atom stereocenters. The molecular formula is C19H40O9. The zero-order valence-electron chi connectivity index (χ0n) is 18.2. The lowest BCUT2D eigenvalue weighted by atomic mass is 10.2. The Balaban J connectivity index is 0. The van der Waals surface area contributed by atoms with Crippen LogP contribution in [-0.2, 0) is 38.0 Å². The molecule has 0 aliphatic heterocycles. The van der Waals surface area contributed by atoms with E-state index in [0.29, 0.717) is 72.7 Å². The molecule has 28 heavy (non-hydrogen) atoms. The minimum Gasteiger partial charge on any atom is -0.460 e. The summed E-state index contributed by atoms with van der Waals surface area (Å²) in [6.45, 7) is 12.8. The molecule has 0 bridgehead atoms. The van der Waals surface area contributed by atoms with Crippen molar-refractivity contribution in [2.75, 3.05) is 86.4 Å².